The van der Waals surface area contributed by atoms with Gasteiger partial charge >= 0.3 is 0 Å². The standard InChI is InChI=1S/C41H45N3O5S/c1-27-12-11-13-29(20-27)22-30-14-7-4-3-5-8-15-31-24-41(31,39(47)43-49-32-16-9-6-10-17-32)25-36(45)35-23-33(26-44(35)38(30)46)48-40-42-34-19-18-28(2)21-37(34)50-40/h6,8-13,15-21,30-31,33,35H,3-5,7,14,22-26H2,1-2H3,(H,43,47)/b15-8-/t30-,31-,33-,35+,41-/m1/s1. The number of aromatic nitrogens is 1. The minimum Gasteiger partial charge on any atom is -0.465 e. The number of fused-ring (bicyclic) bond motifs is 3. The monoisotopic (exact) mass is 691 g/mol. The number of hydrogen-bond donors (Lipinski definition) is 1. The highest BCUT2D eigenvalue weighted by Gasteiger charge is 2.61. The van der Waals surface area contributed by atoms with Crippen molar-refractivity contribution >= 4 is 39.2 Å². The largest absolute Gasteiger partial charge is 0.465 e. The second kappa shape index (κ2) is 14.8. The van der Waals surface area contributed by atoms with Crippen molar-refractivity contribution in [1.82, 2.24) is 15.4 Å². The second-order valence-corrected chi connectivity index (χ2v) is 15.3. The number of nitrogens with one attached hydrogen (secondary N) is 1. The van der Waals surface area contributed by atoms with Gasteiger partial charge in [-0.25, -0.2) is 4.98 Å². The Morgan fingerprint density at radius 3 is 2.68 bits per heavy atom. The van der Waals surface area contributed by atoms with Gasteiger partial charge in [0.15, 0.2) is 11.5 Å². The maximum atomic E-state index is 14.6. The lowest BCUT2D eigenvalue weighted by Gasteiger charge is -2.29. The molecule has 0 bridgehead atoms. The first-order chi connectivity index (χ1) is 24.3. The third-order valence-electron chi connectivity index (χ3n) is 10.5. The van der Waals surface area contributed by atoms with E-state index in [0.29, 0.717) is 36.8 Å². The van der Waals surface area contributed by atoms with E-state index in [2.05, 4.69) is 48.8 Å². The molecule has 9 heteroatoms. The Morgan fingerprint density at radius 2 is 1.84 bits per heavy atom. The molecular weight excluding hydrogens is 647 g/mol. The lowest BCUT2D eigenvalue weighted by Crippen LogP contribution is -2.46. The summed E-state index contributed by atoms with van der Waals surface area (Å²) >= 11 is 1.48. The molecule has 2 amide bonds. The first kappa shape index (κ1) is 34.0. The Hall–Kier alpha value is -4.50. The van der Waals surface area contributed by atoms with Gasteiger partial charge in [-0.05, 0) is 87.3 Å². The molecule has 7 rings (SSSR count). The van der Waals surface area contributed by atoms with Crippen LogP contribution in [-0.2, 0) is 20.8 Å². The van der Waals surface area contributed by atoms with E-state index in [9.17, 15) is 14.4 Å². The number of aryl methyl sites for hydroxylation is 2. The van der Waals surface area contributed by atoms with Crippen molar-refractivity contribution in [3.8, 4) is 10.9 Å². The van der Waals surface area contributed by atoms with E-state index in [4.69, 9.17) is 14.6 Å². The molecule has 3 aliphatic rings. The topological polar surface area (TPSA) is 97.8 Å². The average Bonchev–Trinajstić information content (AvgIpc) is 3.40. The summed E-state index contributed by atoms with van der Waals surface area (Å²) in [5.41, 5.74) is 6.01. The van der Waals surface area contributed by atoms with Crippen LogP contribution in [0.2, 0.25) is 0 Å². The second-order valence-electron chi connectivity index (χ2n) is 14.3. The van der Waals surface area contributed by atoms with E-state index in [1.165, 1.54) is 11.3 Å². The number of ketones is 1. The summed E-state index contributed by atoms with van der Waals surface area (Å²) in [4.78, 5) is 55.0. The molecule has 1 N–H and O–H groups in total. The Balaban J connectivity index is 1.16. The van der Waals surface area contributed by atoms with Gasteiger partial charge in [0.1, 0.15) is 6.10 Å². The van der Waals surface area contributed by atoms with Crippen LogP contribution in [0, 0.1) is 31.1 Å². The predicted molar refractivity (Wildman–Crippen MR) is 195 cm³/mol. The minimum absolute atomic E-state index is 0.0119. The molecule has 5 atom stereocenters. The van der Waals surface area contributed by atoms with Gasteiger partial charge in [-0.3, -0.25) is 14.4 Å². The molecule has 1 aromatic heterocycles. The number of carbonyl (C=O) groups is 3. The van der Waals surface area contributed by atoms with Crippen molar-refractivity contribution in [3.63, 3.8) is 0 Å². The Bertz CT molecular complexity index is 1890. The van der Waals surface area contributed by atoms with Crippen molar-refractivity contribution in [2.75, 3.05) is 6.54 Å². The van der Waals surface area contributed by atoms with Crippen molar-refractivity contribution < 1.29 is 24.0 Å². The number of nitrogens with zero attached hydrogens (tertiary/aromatic N) is 2. The van der Waals surface area contributed by atoms with Gasteiger partial charge in [0.2, 0.25) is 5.91 Å². The lowest BCUT2D eigenvalue weighted by molar-refractivity contribution is -0.143. The number of hydroxylamine groups is 1. The molecule has 1 aliphatic carbocycles. The number of thiazole rings is 1. The summed E-state index contributed by atoms with van der Waals surface area (Å²) in [6.45, 7) is 4.42. The van der Waals surface area contributed by atoms with Gasteiger partial charge in [0, 0.05) is 18.8 Å². The minimum atomic E-state index is -0.929. The third-order valence-corrected chi connectivity index (χ3v) is 11.4. The van der Waals surface area contributed by atoms with Gasteiger partial charge in [-0.2, -0.15) is 5.48 Å². The fourth-order valence-corrected chi connectivity index (χ4v) is 8.63. The summed E-state index contributed by atoms with van der Waals surface area (Å²) < 4.78 is 7.49. The maximum absolute atomic E-state index is 14.6. The van der Waals surface area contributed by atoms with E-state index < -0.39 is 17.6 Å². The summed E-state index contributed by atoms with van der Waals surface area (Å²) in [5.74, 6) is -0.248. The number of para-hydroxylation sites is 1. The van der Waals surface area contributed by atoms with Crippen LogP contribution in [0.1, 0.15) is 68.1 Å². The third kappa shape index (κ3) is 7.63. The molecule has 0 spiro atoms. The lowest BCUT2D eigenvalue weighted by atomic mass is 9.89. The molecule has 0 radical (unpaired) electrons. The zero-order chi connectivity index (χ0) is 34.7. The van der Waals surface area contributed by atoms with Crippen LogP contribution in [0.4, 0.5) is 0 Å². The summed E-state index contributed by atoms with van der Waals surface area (Å²) in [5, 5.41) is 0.538. The molecule has 2 aliphatic heterocycles. The number of Topliss-reactive ketones (excluding diaryl/α,β-unsaturated/α-hetero) is 1. The number of carbonyl (C=O) groups excluding carboxylic acids is 3. The first-order valence-electron chi connectivity index (χ1n) is 17.9. The van der Waals surface area contributed by atoms with Gasteiger partial charge < -0.3 is 14.5 Å². The van der Waals surface area contributed by atoms with E-state index >= 15 is 0 Å². The Labute approximate surface area is 297 Å². The maximum Gasteiger partial charge on any atom is 0.274 e. The van der Waals surface area contributed by atoms with E-state index in [-0.39, 0.29) is 35.9 Å². The van der Waals surface area contributed by atoms with Crippen molar-refractivity contribution in [2.45, 2.75) is 83.8 Å². The van der Waals surface area contributed by atoms with Crippen molar-refractivity contribution in [3.05, 3.63) is 102 Å². The number of benzene rings is 3. The fraction of sp³-hybridized carbons (Fsp3) is 0.415. The molecule has 3 aromatic carbocycles. The van der Waals surface area contributed by atoms with Gasteiger partial charge in [0.25, 0.3) is 11.1 Å². The van der Waals surface area contributed by atoms with Gasteiger partial charge in [-0.1, -0.05) is 90.4 Å². The molecule has 260 valence electrons. The number of hydrogen-bond acceptors (Lipinski definition) is 7. The van der Waals surface area contributed by atoms with Crippen LogP contribution >= 0.6 is 11.3 Å². The van der Waals surface area contributed by atoms with E-state index in [1.807, 2.05) is 43.3 Å². The number of rotatable bonds is 7. The van der Waals surface area contributed by atoms with Crippen LogP contribution in [-0.4, -0.2) is 46.2 Å². The van der Waals surface area contributed by atoms with E-state index in [1.54, 1.807) is 17.0 Å². The fourth-order valence-electron chi connectivity index (χ4n) is 7.65. The molecule has 1 saturated heterocycles. The van der Waals surface area contributed by atoms with Crippen LogP contribution in [0.15, 0.2) is 84.9 Å². The van der Waals surface area contributed by atoms with Crippen molar-refractivity contribution in [1.29, 1.82) is 0 Å². The first-order valence-corrected chi connectivity index (χ1v) is 18.7. The number of ether oxygens (including phenoxy) is 1. The molecular formula is C41H45N3O5S. The molecule has 1 saturated carbocycles. The molecule has 4 aromatic rings. The quantitative estimate of drug-likeness (QED) is 0.158. The zero-order valence-electron chi connectivity index (χ0n) is 28.8. The molecule has 8 nitrogen and oxygen atoms in total. The van der Waals surface area contributed by atoms with Crippen LogP contribution in [0.3, 0.4) is 0 Å². The summed E-state index contributed by atoms with van der Waals surface area (Å²) in [6.07, 6.45) is 10.0. The van der Waals surface area contributed by atoms with Crippen LogP contribution in [0.5, 0.6) is 10.9 Å². The SMILES string of the molecule is Cc1cccc(C[C@H]2CCCCC/C=C\[C@@H]3C[C@@]3(C(=O)NOc3ccccc3)CC(=O)[C@@H]3C[C@@H](Oc4nc5ccc(C)cc5s4)CN3C2=O)c1. The highest BCUT2D eigenvalue weighted by atomic mass is 32.1. The highest BCUT2D eigenvalue weighted by Crippen LogP contribution is 2.57. The highest BCUT2D eigenvalue weighted by molar-refractivity contribution is 7.20. The van der Waals surface area contributed by atoms with Crippen molar-refractivity contribution in [2.24, 2.45) is 17.3 Å². The normalized spacial score (nSPS) is 26.3. The Kier molecular flexibility index (Phi) is 10.0. The molecule has 0 unspecified atom stereocenters. The van der Waals surface area contributed by atoms with E-state index in [0.717, 1.165) is 59.0 Å². The summed E-state index contributed by atoms with van der Waals surface area (Å²) in [6, 6.07) is 22.8. The molecule has 50 heavy (non-hydrogen) atoms. The van der Waals surface area contributed by atoms with Crippen LogP contribution in [0.25, 0.3) is 10.2 Å². The average molecular weight is 692 g/mol. The number of amides is 2. The van der Waals surface area contributed by atoms with Crippen LogP contribution < -0.4 is 15.1 Å². The zero-order valence-corrected chi connectivity index (χ0v) is 29.6. The Morgan fingerprint density at radius 1 is 1.00 bits per heavy atom. The number of allylic oxidation sites excluding steroid dienone is 2. The molecule has 3 heterocycles. The summed E-state index contributed by atoms with van der Waals surface area (Å²) in [7, 11) is 0. The van der Waals surface area contributed by atoms with Gasteiger partial charge in [-0.15, -0.1) is 0 Å². The smallest absolute Gasteiger partial charge is 0.274 e. The predicted octanol–water partition coefficient (Wildman–Crippen LogP) is 7.72. The molecule has 2 fully saturated rings. The van der Waals surface area contributed by atoms with Gasteiger partial charge in [0.05, 0.1) is 28.2 Å².